The zero-order valence-electron chi connectivity index (χ0n) is 10.7. The molecule has 1 aromatic heterocycles. The maximum absolute atomic E-state index is 10.8. The first-order chi connectivity index (χ1) is 8.52. The second-order valence-electron chi connectivity index (χ2n) is 4.88. The number of aliphatic carboxylic acids is 1. The molecular weight excluding hydrogens is 250 g/mol. The number of hydrogen-bond donors (Lipinski definition) is 2. The second kappa shape index (κ2) is 5.38. The van der Waals surface area contributed by atoms with Crippen molar-refractivity contribution in [1.29, 1.82) is 0 Å². The lowest BCUT2D eigenvalue weighted by atomic mass is 9.88. The summed E-state index contributed by atoms with van der Waals surface area (Å²) in [5, 5.41) is 8.85. The van der Waals surface area contributed by atoms with Crippen LogP contribution in [-0.4, -0.2) is 24.2 Å². The predicted octanol–water partition coefficient (Wildman–Crippen LogP) is 2.29. The molecule has 0 spiro atoms. The number of ether oxygens (including phenoxy) is 1. The van der Waals surface area contributed by atoms with Gasteiger partial charge in [-0.2, -0.15) is 0 Å². The van der Waals surface area contributed by atoms with Crippen LogP contribution in [0, 0.1) is 0 Å². The van der Waals surface area contributed by atoms with Gasteiger partial charge in [0.15, 0.2) is 0 Å². The van der Waals surface area contributed by atoms with Crippen molar-refractivity contribution >= 4 is 17.3 Å². The fraction of sp³-hybridized carbons (Fsp3) is 0.615. The Morgan fingerprint density at radius 1 is 1.67 bits per heavy atom. The largest absolute Gasteiger partial charge is 0.480 e. The van der Waals surface area contributed by atoms with E-state index in [0.717, 1.165) is 17.7 Å². The van der Waals surface area contributed by atoms with Gasteiger partial charge < -0.3 is 15.6 Å². The van der Waals surface area contributed by atoms with Crippen LogP contribution in [-0.2, 0) is 16.0 Å². The fourth-order valence-electron chi connectivity index (χ4n) is 2.45. The van der Waals surface area contributed by atoms with Crippen molar-refractivity contribution in [1.82, 2.24) is 0 Å². The highest BCUT2D eigenvalue weighted by Gasteiger charge is 2.28. The summed E-state index contributed by atoms with van der Waals surface area (Å²) >= 11 is 1.68. The first-order valence-corrected chi connectivity index (χ1v) is 6.98. The van der Waals surface area contributed by atoms with Gasteiger partial charge in [-0.3, -0.25) is 4.79 Å². The Balaban J connectivity index is 2.23. The van der Waals surface area contributed by atoms with E-state index in [4.69, 9.17) is 15.6 Å². The maximum atomic E-state index is 10.8. The number of carboxylic acid groups (broad SMARTS) is 1. The van der Waals surface area contributed by atoms with E-state index in [2.05, 4.69) is 13.0 Å². The molecule has 0 bridgehead atoms. The number of fused-ring (bicyclic) bond motifs is 1. The summed E-state index contributed by atoms with van der Waals surface area (Å²) in [5.74, 6) is -0.413. The first-order valence-electron chi connectivity index (χ1n) is 6.16. The van der Waals surface area contributed by atoms with E-state index in [1.54, 1.807) is 18.4 Å². The Bertz CT molecular complexity index is 443. The normalized spacial score (nSPS) is 24.6. The molecule has 3 N–H and O–H groups in total. The highest BCUT2D eigenvalue weighted by atomic mass is 32.1. The third-order valence-corrected chi connectivity index (χ3v) is 4.93. The van der Waals surface area contributed by atoms with Crippen LogP contribution in [0.2, 0.25) is 0 Å². The van der Waals surface area contributed by atoms with Gasteiger partial charge in [0.1, 0.15) is 6.04 Å². The number of rotatable bonds is 4. The van der Waals surface area contributed by atoms with Gasteiger partial charge in [0.2, 0.25) is 0 Å². The average molecular weight is 269 g/mol. The van der Waals surface area contributed by atoms with Gasteiger partial charge in [-0.05, 0) is 30.4 Å². The highest BCUT2D eigenvalue weighted by molar-refractivity contribution is 7.12. The summed E-state index contributed by atoms with van der Waals surface area (Å²) in [4.78, 5) is 13.2. The van der Waals surface area contributed by atoms with Gasteiger partial charge in [-0.1, -0.05) is 6.92 Å². The summed E-state index contributed by atoms with van der Waals surface area (Å²) in [5.41, 5.74) is 6.81. The van der Waals surface area contributed by atoms with Crippen LogP contribution < -0.4 is 5.73 Å². The Morgan fingerprint density at radius 2 is 2.39 bits per heavy atom. The molecule has 0 amide bonds. The first kappa shape index (κ1) is 13.5. The smallest absolute Gasteiger partial charge is 0.320 e. The van der Waals surface area contributed by atoms with E-state index in [1.165, 1.54) is 10.4 Å². The molecule has 0 saturated heterocycles. The topological polar surface area (TPSA) is 72.5 Å². The van der Waals surface area contributed by atoms with Crippen molar-refractivity contribution in [3.05, 3.63) is 21.4 Å². The summed E-state index contributed by atoms with van der Waals surface area (Å²) in [6, 6.07) is 1.26. The van der Waals surface area contributed by atoms with Crippen LogP contribution in [0.15, 0.2) is 6.07 Å². The summed E-state index contributed by atoms with van der Waals surface area (Å²) in [6.07, 6.45) is 2.71. The van der Waals surface area contributed by atoms with Gasteiger partial charge in [0.25, 0.3) is 0 Å². The molecule has 0 aromatic carbocycles. The zero-order chi connectivity index (χ0) is 13.3. The minimum atomic E-state index is -0.947. The van der Waals surface area contributed by atoms with Crippen molar-refractivity contribution in [2.75, 3.05) is 7.11 Å². The zero-order valence-corrected chi connectivity index (χ0v) is 11.5. The number of methoxy groups -OCH3 is 1. The summed E-state index contributed by atoms with van der Waals surface area (Å²) in [6.45, 7) is 2.21. The number of hydrogen-bond acceptors (Lipinski definition) is 4. The molecule has 3 unspecified atom stereocenters. The number of thiophene rings is 1. The Morgan fingerprint density at radius 3 is 3.00 bits per heavy atom. The van der Waals surface area contributed by atoms with Gasteiger partial charge in [0, 0.05) is 23.3 Å². The average Bonchev–Trinajstić information content (AvgIpc) is 2.74. The molecule has 5 heteroatoms. The second-order valence-corrected chi connectivity index (χ2v) is 6.05. The lowest BCUT2D eigenvalue weighted by Crippen LogP contribution is -2.31. The van der Waals surface area contributed by atoms with Crippen molar-refractivity contribution in [3.8, 4) is 0 Å². The summed E-state index contributed by atoms with van der Waals surface area (Å²) in [7, 11) is 1.73. The third kappa shape index (κ3) is 2.58. The standard InChI is InChI=1S/C13H19NO3S/c1-7-3-4-11(17-2)9-5-8(18-12(7)9)6-10(14)13(15)16/h5,7,10-11H,3-4,6,14H2,1-2H3,(H,15,16). The predicted molar refractivity (Wildman–Crippen MR) is 71.0 cm³/mol. The van der Waals surface area contributed by atoms with Gasteiger partial charge in [-0.15, -0.1) is 11.3 Å². The molecule has 2 rings (SSSR count). The molecule has 0 fully saturated rings. The SMILES string of the molecule is COC1CCC(C)c2sc(CC(N)C(=O)O)cc21. The van der Waals surface area contributed by atoms with Crippen molar-refractivity contribution in [3.63, 3.8) is 0 Å². The van der Waals surface area contributed by atoms with Gasteiger partial charge >= 0.3 is 5.97 Å². The molecule has 1 aliphatic rings. The van der Waals surface area contributed by atoms with Crippen LogP contribution in [0.4, 0.5) is 0 Å². The molecule has 0 aliphatic heterocycles. The minimum Gasteiger partial charge on any atom is -0.480 e. The van der Waals surface area contributed by atoms with E-state index in [-0.39, 0.29) is 6.10 Å². The molecule has 0 saturated carbocycles. The van der Waals surface area contributed by atoms with E-state index in [9.17, 15) is 4.79 Å². The van der Waals surface area contributed by atoms with E-state index in [0.29, 0.717) is 12.3 Å². The molecule has 100 valence electrons. The molecule has 0 radical (unpaired) electrons. The molecule has 3 atom stereocenters. The van der Waals surface area contributed by atoms with Crippen molar-refractivity contribution < 1.29 is 14.6 Å². The molecule has 1 aromatic rings. The van der Waals surface area contributed by atoms with Crippen LogP contribution in [0.5, 0.6) is 0 Å². The number of carbonyl (C=O) groups is 1. The molecule has 4 nitrogen and oxygen atoms in total. The van der Waals surface area contributed by atoms with Gasteiger partial charge in [-0.25, -0.2) is 0 Å². The molecule has 18 heavy (non-hydrogen) atoms. The number of nitrogens with two attached hydrogens (primary N) is 1. The Kier molecular flexibility index (Phi) is 4.04. The van der Waals surface area contributed by atoms with Crippen molar-refractivity contribution in [2.24, 2.45) is 5.73 Å². The maximum Gasteiger partial charge on any atom is 0.320 e. The Labute approximate surface area is 111 Å². The van der Waals surface area contributed by atoms with Crippen molar-refractivity contribution in [2.45, 2.75) is 44.2 Å². The highest BCUT2D eigenvalue weighted by Crippen LogP contribution is 2.43. The summed E-state index contributed by atoms with van der Waals surface area (Å²) < 4.78 is 5.49. The quantitative estimate of drug-likeness (QED) is 0.879. The minimum absolute atomic E-state index is 0.155. The van der Waals surface area contributed by atoms with Crippen LogP contribution in [0.25, 0.3) is 0 Å². The van der Waals surface area contributed by atoms with E-state index in [1.807, 2.05) is 0 Å². The Hall–Kier alpha value is -0.910. The van der Waals surface area contributed by atoms with Crippen LogP contribution in [0.3, 0.4) is 0 Å². The van der Waals surface area contributed by atoms with E-state index >= 15 is 0 Å². The monoisotopic (exact) mass is 269 g/mol. The molecule has 1 heterocycles. The van der Waals surface area contributed by atoms with E-state index < -0.39 is 12.0 Å². The number of carboxylic acids is 1. The van der Waals surface area contributed by atoms with Gasteiger partial charge in [0.05, 0.1) is 6.10 Å². The van der Waals surface area contributed by atoms with Crippen LogP contribution >= 0.6 is 11.3 Å². The molecule has 1 aliphatic carbocycles. The fourth-order valence-corrected chi connectivity index (χ4v) is 3.81. The lowest BCUT2D eigenvalue weighted by molar-refractivity contribution is -0.138. The lowest BCUT2D eigenvalue weighted by Gasteiger charge is -2.25. The third-order valence-electron chi connectivity index (χ3n) is 3.52. The molecular formula is C13H19NO3S. The van der Waals surface area contributed by atoms with Crippen LogP contribution in [0.1, 0.15) is 47.1 Å².